The Balaban J connectivity index is 2.01. The molecule has 1 N–H and O–H groups in total. The molecule has 2 heteroatoms. The van der Waals surface area contributed by atoms with Crippen LogP contribution in [0.1, 0.15) is 44.1 Å². The van der Waals surface area contributed by atoms with E-state index in [1.165, 1.54) is 24.8 Å². The summed E-state index contributed by atoms with van der Waals surface area (Å²) in [5.41, 5.74) is 1.17. The van der Waals surface area contributed by atoms with Gasteiger partial charge in [-0.2, -0.15) is 0 Å². The third kappa shape index (κ3) is 6.36. The summed E-state index contributed by atoms with van der Waals surface area (Å²) in [5, 5.41) is 8.62. The van der Waals surface area contributed by atoms with Crippen LogP contribution in [-0.2, 0) is 0 Å². The molecule has 0 amide bonds. The van der Waals surface area contributed by atoms with Crippen molar-refractivity contribution in [2.75, 3.05) is 6.61 Å². The molecule has 1 heterocycles. The van der Waals surface area contributed by atoms with Crippen molar-refractivity contribution in [1.29, 1.82) is 0 Å². The van der Waals surface area contributed by atoms with E-state index in [2.05, 4.69) is 23.2 Å². The molecule has 0 saturated heterocycles. The van der Waals surface area contributed by atoms with Gasteiger partial charge >= 0.3 is 0 Å². The van der Waals surface area contributed by atoms with Gasteiger partial charge in [0.05, 0.1) is 0 Å². The zero-order valence-corrected chi connectivity index (χ0v) is 9.81. The summed E-state index contributed by atoms with van der Waals surface area (Å²) in [6.07, 6.45) is 15.0. The molecule has 0 fully saturated rings. The number of hydrogen-bond acceptors (Lipinski definition) is 2. The molecule has 0 bridgehead atoms. The summed E-state index contributed by atoms with van der Waals surface area (Å²) >= 11 is 0. The van der Waals surface area contributed by atoms with Crippen LogP contribution in [0.3, 0.4) is 0 Å². The van der Waals surface area contributed by atoms with Gasteiger partial charge in [0.15, 0.2) is 0 Å². The van der Waals surface area contributed by atoms with Gasteiger partial charge in [-0.05, 0) is 30.9 Å². The SMILES string of the molecule is OCCCCCCC/C=C/c1cccnc1. The Morgan fingerprint density at radius 1 is 1.12 bits per heavy atom. The summed E-state index contributed by atoms with van der Waals surface area (Å²) in [5.74, 6) is 0. The largest absolute Gasteiger partial charge is 0.396 e. The van der Waals surface area contributed by atoms with Gasteiger partial charge in [0.25, 0.3) is 0 Å². The predicted octanol–water partition coefficient (Wildman–Crippen LogP) is 3.43. The van der Waals surface area contributed by atoms with Crippen LogP contribution in [0.4, 0.5) is 0 Å². The number of nitrogens with zero attached hydrogens (tertiary/aromatic N) is 1. The van der Waals surface area contributed by atoms with Crippen LogP contribution in [-0.4, -0.2) is 16.7 Å². The first-order chi connectivity index (χ1) is 7.93. The van der Waals surface area contributed by atoms with Crippen molar-refractivity contribution in [3.05, 3.63) is 36.2 Å². The van der Waals surface area contributed by atoms with Crippen molar-refractivity contribution in [3.63, 3.8) is 0 Å². The maximum absolute atomic E-state index is 8.62. The number of pyridine rings is 1. The molecule has 0 spiro atoms. The Bertz CT molecular complexity index is 282. The average molecular weight is 219 g/mol. The van der Waals surface area contributed by atoms with Crippen LogP contribution in [0, 0.1) is 0 Å². The zero-order valence-electron chi connectivity index (χ0n) is 9.81. The van der Waals surface area contributed by atoms with E-state index >= 15 is 0 Å². The van der Waals surface area contributed by atoms with Gasteiger partial charge in [0.1, 0.15) is 0 Å². The number of rotatable bonds is 8. The van der Waals surface area contributed by atoms with Crippen molar-refractivity contribution in [2.45, 2.75) is 38.5 Å². The topological polar surface area (TPSA) is 33.1 Å². The lowest BCUT2D eigenvalue weighted by atomic mass is 10.1. The van der Waals surface area contributed by atoms with Gasteiger partial charge in [-0.1, -0.05) is 37.5 Å². The Labute approximate surface area is 98.0 Å². The minimum Gasteiger partial charge on any atom is -0.396 e. The highest BCUT2D eigenvalue weighted by atomic mass is 16.2. The minimum atomic E-state index is 0.334. The number of aliphatic hydroxyl groups is 1. The van der Waals surface area contributed by atoms with Crippen LogP contribution >= 0.6 is 0 Å². The maximum atomic E-state index is 8.62. The number of unbranched alkanes of at least 4 members (excludes halogenated alkanes) is 5. The average Bonchev–Trinajstić information content (AvgIpc) is 2.34. The fourth-order valence-electron chi connectivity index (χ4n) is 1.60. The van der Waals surface area contributed by atoms with Crippen LogP contribution < -0.4 is 0 Å². The maximum Gasteiger partial charge on any atom is 0.0431 e. The van der Waals surface area contributed by atoms with E-state index < -0.39 is 0 Å². The molecule has 16 heavy (non-hydrogen) atoms. The normalized spacial score (nSPS) is 11.1. The highest BCUT2D eigenvalue weighted by Gasteiger charge is 1.88. The fourth-order valence-corrected chi connectivity index (χ4v) is 1.60. The van der Waals surface area contributed by atoms with E-state index in [1.54, 1.807) is 6.20 Å². The molecule has 1 aromatic heterocycles. The zero-order chi connectivity index (χ0) is 11.5. The molecular formula is C14H21NO. The Morgan fingerprint density at radius 2 is 1.94 bits per heavy atom. The second-order valence-corrected chi connectivity index (χ2v) is 3.97. The molecule has 0 radical (unpaired) electrons. The van der Waals surface area contributed by atoms with Crippen molar-refractivity contribution >= 4 is 6.08 Å². The lowest BCUT2D eigenvalue weighted by Crippen LogP contribution is -1.83. The highest BCUT2D eigenvalue weighted by molar-refractivity contribution is 5.46. The fraction of sp³-hybridized carbons (Fsp3) is 0.500. The van der Waals surface area contributed by atoms with Gasteiger partial charge in [0, 0.05) is 19.0 Å². The summed E-state index contributed by atoms with van der Waals surface area (Å²) in [6.45, 7) is 0.334. The van der Waals surface area contributed by atoms with E-state index in [4.69, 9.17) is 5.11 Å². The van der Waals surface area contributed by atoms with Gasteiger partial charge in [-0.3, -0.25) is 4.98 Å². The molecule has 0 aliphatic carbocycles. The Kier molecular flexibility index (Phi) is 7.35. The second-order valence-electron chi connectivity index (χ2n) is 3.97. The molecule has 0 unspecified atom stereocenters. The first-order valence-corrected chi connectivity index (χ1v) is 6.11. The first-order valence-electron chi connectivity index (χ1n) is 6.11. The quantitative estimate of drug-likeness (QED) is 0.679. The number of aromatic nitrogens is 1. The monoisotopic (exact) mass is 219 g/mol. The third-order valence-electron chi connectivity index (χ3n) is 2.52. The second kappa shape index (κ2) is 9.10. The van der Waals surface area contributed by atoms with Crippen molar-refractivity contribution in [3.8, 4) is 0 Å². The van der Waals surface area contributed by atoms with Crippen molar-refractivity contribution in [2.24, 2.45) is 0 Å². The third-order valence-corrected chi connectivity index (χ3v) is 2.52. The number of allylic oxidation sites excluding steroid dienone is 1. The lowest BCUT2D eigenvalue weighted by Gasteiger charge is -1.97. The van der Waals surface area contributed by atoms with E-state index in [1.807, 2.05) is 12.3 Å². The standard InChI is InChI=1S/C14H21NO/c16-12-7-5-3-1-2-4-6-9-14-10-8-11-15-13-14/h6,8-11,13,16H,1-5,7,12H2/b9-6+. The van der Waals surface area contributed by atoms with E-state index in [-0.39, 0.29) is 0 Å². The van der Waals surface area contributed by atoms with E-state index in [0.29, 0.717) is 6.61 Å². The molecule has 1 rings (SSSR count). The molecule has 0 saturated carbocycles. The molecule has 0 aliphatic rings. The summed E-state index contributed by atoms with van der Waals surface area (Å²) in [6, 6.07) is 4.01. The Hall–Kier alpha value is -1.15. The smallest absolute Gasteiger partial charge is 0.0431 e. The van der Waals surface area contributed by atoms with Crippen LogP contribution in [0.15, 0.2) is 30.6 Å². The van der Waals surface area contributed by atoms with Crippen molar-refractivity contribution in [1.82, 2.24) is 4.98 Å². The van der Waals surface area contributed by atoms with Gasteiger partial charge in [-0.25, -0.2) is 0 Å². The molecule has 0 atom stereocenters. The molecule has 1 aromatic rings. The summed E-state index contributed by atoms with van der Waals surface area (Å²) in [7, 11) is 0. The number of aliphatic hydroxyl groups excluding tert-OH is 1. The molecule has 88 valence electrons. The summed E-state index contributed by atoms with van der Waals surface area (Å²) in [4.78, 5) is 4.06. The number of hydrogen-bond donors (Lipinski definition) is 1. The summed E-state index contributed by atoms with van der Waals surface area (Å²) < 4.78 is 0. The molecule has 0 aromatic carbocycles. The first kappa shape index (κ1) is 12.9. The van der Waals surface area contributed by atoms with Gasteiger partial charge in [0.2, 0.25) is 0 Å². The molecule has 2 nitrogen and oxygen atoms in total. The van der Waals surface area contributed by atoms with Gasteiger partial charge < -0.3 is 5.11 Å². The lowest BCUT2D eigenvalue weighted by molar-refractivity contribution is 0.282. The molecular weight excluding hydrogens is 198 g/mol. The van der Waals surface area contributed by atoms with Crippen LogP contribution in [0.5, 0.6) is 0 Å². The van der Waals surface area contributed by atoms with Gasteiger partial charge in [-0.15, -0.1) is 0 Å². The Morgan fingerprint density at radius 3 is 2.69 bits per heavy atom. The van der Waals surface area contributed by atoms with Crippen LogP contribution in [0.2, 0.25) is 0 Å². The minimum absolute atomic E-state index is 0.334. The highest BCUT2D eigenvalue weighted by Crippen LogP contribution is 2.07. The predicted molar refractivity (Wildman–Crippen MR) is 68.1 cm³/mol. The molecule has 0 aliphatic heterocycles. The van der Waals surface area contributed by atoms with Crippen molar-refractivity contribution < 1.29 is 5.11 Å². The van der Waals surface area contributed by atoms with E-state index in [9.17, 15) is 0 Å². The van der Waals surface area contributed by atoms with Crippen LogP contribution in [0.25, 0.3) is 6.08 Å². The van der Waals surface area contributed by atoms with E-state index in [0.717, 1.165) is 19.3 Å².